The zero-order valence-electron chi connectivity index (χ0n) is 18.6. The molecule has 1 aliphatic heterocycles. The van der Waals surface area contributed by atoms with Crippen LogP contribution in [0, 0.1) is 5.82 Å². The number of rotatable bonds is 7. The third-order valence-electron chi connectivity index (χ3n) is 5.21. The lowest BCUT2D eigenvalue weighted by Gasteiger charge is -2.22. The monoisotopic (exact) mass is 442 g/mol. The Balaban J connectivity index is 2.03. The maximum absolute atomic E-state index is 14.0. The van der Waals surface area contributed by atoms with Crippen molar-refractivity contribution in [2.45, 2.75) is 32.8 Å². The predicted octanol–water partition coefficient (Wildman–Crippen LogP) is 3.01. The first-order valence-corrected chi connectivity index (χ1v) is 10.3. The number of fused-ring (bicyclic) bond motifs is 1. The topological polar surface area (TPSA) is 94.5 Å². The number of carbonyl (C=O) groups is 2. The number of anilines is 2. The van der Waals surface area contributed by atoms with Gasteiger partial charge in [-0.3, -0.25) is 9.59 Å². The van der Waals surface area contributed by atoms with E-state index in [0.29, 0.717) is 42.2 Å². The molecule has 2 N–H and O–H groups in total. The van der Waals surface area contributed by atoms with Crippen LogP contribution in [0.15, 0.2) is 41.5 Å². The molecule has 2 aromatic rings. The number of halogens is 1. The molecule has 2 aromatic carbocycles. The van der Waals surface area contributed by atoms with E-state index < -0.39 is 17.3 Å². The number of carbonyl (C=O) groups excluding carboxylic acids is 2. The first-order chi connectivity index (χ1) is 15.2. The van der Waals surface area contributed by atoms with Crippen LogP contribution >= 0.6 is 0 Å². The van der Waals surface area contributed by atoms with Crippen LogP contribution in [0.5, 0.6) is 5.75 Å². The lowest BCUT2D eigenvalue weighted by Crippen LogP contribution is -2.32. The van der Waals surface area contributed by atoms with E-state index in [1.54, 1.807) is 24.1 Å². The van der Waals surface area contributed by atoms with Gasteiger partial charge in [-0.1, -0.05) is 12.1 Å². The largest absolute Gasteiger partial charge is 0.486 e. The second kappa shape index (κ2) is 9.35. The van der Waals surface area contributed by atoms with Gasteiger partial charge in [0.15, 0.2) is 5.84 Å². The van der Waals surface area contributed by atoms with E-state index in [2.05, 4.69) is 10.4 Å². The lowest BCUT2D eigenvalue weighted by atomic mass is 9.98. The molecule has 0 saturated heterocycles. The summed E-state index contributed by atoms with van der Waals surface area (Å²) in [5.74, 6) is -0.447. The molecule has 0 unspecified atom stereocenters. The summed E-state index contributed by atoms with van der Waals surface area (Å²) < 4.78 is 20.0. The number of hydrogen-bond acceptors (Lipinski definition) is 5. The molecular formula is C23H27FN4O4. The molecule has 0 aromatic heterocycles. The number of ether oxygens (including phenoxy) is 1. The molecule has 2 amide bonds. The number of para-hydroxylation sites is 1. The molecule has 170 valence electrons. The minimum absolute atomic E-state index is 0.0573. The summed E-state index contributed by atoms with van der Waals surface area (Å²) >= 11 is 0. The Hall–Kier alpha value is -3.46. The Morgan fingerprint density at radius 3 is 2.66 bits per heavy atom. The van der Waals surface area contributed by atoms with Gasteiger partial charge >= 0.3 is 0 Å². The van der Waals surface area contributed by atoms with Crippen molar-refractivity contribution in [1.82, 2.24) is 4.90 Å². The maximum atomic E-state index is 14.0. The first-order valence-electron chi connectivity index (χ1n) is 10.3. The van der Waals surface area contributed by atoms with Gasteiger partial charge < -0.3 is 20.1 Å². The van der Waals surface area contributed by atoms with Gasteiger partial charge in [-0.25, -0.2) is 9.40 Å². The molecule has 0 spiro atoms. The summed E-state index contributed by atoms with van der Waals surface area (Å²) in [7, 11) is 1.75. The number of nitrogens with one attached hydrogen (secondary N) is 1. The summed E-state index contributed by atoms with van der Waals surface area (Å²) in [5, 5.41) is 17.6. The highest BCUT2D eigenvalue weighted by atomic mass is 19.1. The van der Waals surface area contributed by atoms with Crippen LogP contribution in [0.25, 0.3) is 0 Å². The smallest absolute Gasteiger partial charge is 0.259 e. The quantitative estimate of drug-likeness (QED) is 0.298. The Kier molecular flexibility index (Phi) is 6.78. The Morgan fingerprint density at radius 2 is 2.03 bits per heavy atom. The molecule has 3 rings (SSSR count). The number of amides is 2. The number of benzene rings is 2. The number of likely N-dealkylation sites (N-methyl/N-ethyl adjacent to an activating group) is 1. The van der Waals surface area contributed by atoms with Gasteiger partial charge in [-0.2, -0.15) is 0 Å². The molecule has 1 heterocycles. The highest BCUT2D eigenvalue weighted by Crippen LogP contribution is 2.43. The number of amidine groups is 1. The number of hydrogen-bond donors (Lipinski definition) is 2. The fraction of sp³-hybridized carbons (Fsp3) is 0.348. The number of hydrazone groups is 1. The highest BCUT2D eigenvalue weighted by Gasteiger charge is 2.36. The van der Waals surface area contributed by atoms with Crippen LogP contribution in [0.1, 0.15) is 36.7 Å². The number of aliphatic hydroxyl groups excluding tert-OH is 1. The van der Waals surface area contributed by atoms with Crippen molar-refractivity contribution < 1.29 is 23.8 Å². The van der Waals surface area contributed by atoms with E-state index in [0.717, 1.165) is 5.01 Å². The second-order valence-electron chi connectivity index (χ2n) is 8.05. The van der Waals surface area contributed by atoms with Gasteiger partial charge in [-0.05, 0) is 45.0 Å². The van der Waals surface area contributed by atoms with Crippen molar-refractivity contribution in [3.8, 4) is 5.75 Å². The summed E-state index contributed by atoms with van der Waals surface area (Å²) in [4.78, 5) is 26.5. The average Bonchev–Trinajstić information content (AvgIpc) is 3.10. The van der Waals surface area contributed by atoms with E-state index >= 15 is 0 Å². The minimum atomic E-state index is -0.621. The molecule has 0 saturated carbocycles. The van der Waals surface area contributed by atoms with Crippen LogP contribution in [0.4, 0.5) is 15.8 Å². The van der Waals surface area contributed by atoms with Gasteiger partial charge in [0.25, 0.3) is 5.91 Å². The fourth-order valence-corrected chi connectivity index (χ4v) is 3.46. The van der Waals surface area contributed by atoms with Crippen LogP contribution in [-0.2, 0) is 11.2 Å². The molecule has 0 radical (unpaired) electrons. The highest BCUT2D eigenvalue weighted by molar-refractivity contribution is 6.07. The van der Waals surface area contributed by atoms with Crippen molar-refractivity contribution >= 4 is 29.5 Å². The van der Waals surface area contributed by atoms with E-state index in [9.17, 15) is 19.1 Å². The molecule has 32 heavy (non-hydrogen) atoms. The molecule has 8 nitrogen and oxygen atoms in total. The minimum Gasteiger partial charge on any atom is -0.486 e. The summed E-state index contributed by atoms with van der Waals surface area (Å²) in [5.41, 5.74) is 0.730. The normalized spacial score (nSPS) is 14.4. The van der Waals surface area contributed by atoms with E-state index in [1.165, 1.54) is 24.3 Å². The molecule has 1 aliphatic rings. The van der Waals surface area contributed by atoms with Gasteiger partial charge in [0.2, 0.25) is 6.41 Å². The van der Waals surface area contributed by atoms with E-state index in [1.807, 2.05) is 20.8 Å². The second-order valence-corrected chi connectivity index (χ2v) is 8.05. The van der Waals surface area contributed by atoms with Crippen LogP contribution in [0.2, 0.25) is 0 Å². The van der Waals surface area contributed by atoms with Crippen LogP contribution in [-0.4, -0.2) is 54.0 Å². The predicted molar refractivity (Wildman–Crippen MR) is 121 cm³/mol. The van der Waals surface area contributed by atoms with Crippen molar-refractivity contribution in [3.63, 3.8) is 0 Å². The average molecular weight is 442 g/mol. The Bertz CT molecular complexity index is 1050. The van der Waals surface area contributed by atoms with Crippen molar-refractivity contribution in [1.29, 1.82) is 0 Å². The molecule has 9 heteroatoms. The van der Waals surface area contributed by atoms with Crippen molar-refractivity contribution in [3.05, 3.63) is 53.3 Å². The zero-order chi connectivity index (χ0) is 23.5. The Labute approximate surface area is 186 Å². The Morgan fingerprint density at radius 1 is 1.31 bits per heavy atom. The van der Waals surface area contributed by atoms with Gasteiger partial charge in [0.05, 0.1) is 16.9 Å². The van der Waals surface area contributed by atoms with Crippen LogP contribution in [0.3, 0.4) is 0 Å². The molecular weight excluding hydrogens is 415 g/mol. The molecule has 0 aliphatic carbocycles. The zero-order valence-corrected chi connectivity index (χ0v) is 18.6. The third-order valence-corrected chi connectivity index (χ3v) is 5.21. The lowest BCUT2D eigenvalue weighted by molar-refractivity contribution is -0.107. The van der Waals surface area contributed by atoms with Gasteiger partial charge in [-0.15, -0.1) is 5.10 Å². The van der Waals surface area contributed by atoms with E-state index in [4.69, 9.17) is 4.74 Å². The summed E-state index contributed by atoms with van der Waals surface area (Å²) in [6.45, 7) is 5.88. The fourth-order valence-electron chi connectivity index (χ4n) is 3.46. The van der Waals surface area contributed by atoms with Gasteiger partial charge in [0, 0.05) is 25.6 Å². The maximum Gasteiger partial charge on any atom is 0.259 e. The van der Waals surface area contributed by atoms with Crippen LogP contribution < -0.4 is 15.1 Å². The third kappa shape index (κ3) is 4.72. The molecule has 0 fully saturated rings. The molecule has 0 atom stereocenters. The van der Waals surface area contributed by atoms with Gasteiger partial charge in [0.1, 0.15) is 23.8 Å². The van der Waals surface area contributed by atoms with E-state index in [-0.39, 0.29) is 17.9 Å². The summed E-state index contributed by atoms with van der Waals surface area (Å²) in [6, 6.07) is 9.00. The SMILES string of the molecule is CCN(C)/C(CO)=N\N(C=O)c1ccc(C(=O)Nc2ccccc2F)c2c1CC(C)(C)O2. The first kappa shape index (κ1) is 23.2. The van der Waals surface area contributed by atoms with Crippen molar-refractivity contribution in [2.75, 3.05) is 30.5 Å². The number of nitrogens with zero attached hydrogens (tertiary/aromatic N) is 3. The summed E-state index contributed by atoms with van der Waals surface area (Å²) in [6.07, 6.45) is 0.968. The number of aliphatic hydroxyl groups is 1. The van der Waals surface area contributed by atoms with Crippen molar-refractivity contribution in [2.24, 2.45) is 5.10 Å². The standard InChI is InChI=1S/C23H27FN4O4/c1-5-27(4)20(13-29)26-28(14-30)19-11-10-15(21-16(19)12-23(2,3)32-21)22(31)25-18-9-7-6-8-17(18)24/h6-11,14,29H,5,12-13H2,1-4H3,(H,25,31)/b26-20-. The molecule has 0 bridgehead atoms.